The lowest BCUT2D eigenvalue weighted by molar-refractivity contribution is -0.131. The van der Waals surface area contributed by atoms with E-state index in [9.17, 15) is 9.18 Å². The highest BCUT2D eigenvalue weighted by Crippen LogP contribution is 2.32. The Labute approximate surface area is 149 Å². The van der Waals surface area contributed by atoms with Crippen LogP contribution in [0.2, 0.25) is 0 Å². The van der Waals surface area contributed by atoms with Crippen molar-refractivity contribution < 1.29 is 14.3 Å². The molecule has 0 saturated heterocycles. The first-order valence-corrected chi connectivity index (χ1v) is 8.65. The van der Waals surface area contributed by atoms with Gasteiger partial charge in [0.1, 0.15) is 5.83 Å². The van der Waals surface area contributed by atoms with Gasteiger partial charge < -0.3 is 10.0 Å². The summed E-state index contributed by atoms with van der Waals surface area (Å²) in [5.74, 6) is -1.39. The summed E-state index contributed by atoms with van der Waals surface area (Å²) in [5.41, 5.74) is 4.40. The fourth-order valence-corrected chi connectivity index (χ4v) is 3.08. The van der Waals surface area contributed by atoms with Gasteiger partial charge in [-0.2, -0.15) is 0 Å². The molecule has 134 valence electrons. The molecule has 1 heterocycles. The van der Waals surface area contributed by atoms with Gasteiger partial charge in [0.05, 0.1) is 0 Å². The number of hydrogen-bond acceptors (Lipinski definition) is 2. The topological polar surface area (TPSA) is 40.5 Å². The van der Waals surface area contributed by atoms with Gasteiger partial charge in [-0.1, -0.05) is 18.2 Å². The number of aryl methyl sites for hydroxylation is 1. The van der Waals surface area contributed by atoms with Gasteiger partial charge in [0, 0.05) is 24.4 Å². The Hall–Kier alpha value is -2.36. The summed E-state index contributed by atoms with van der Waals surface area (Å²) < 4.78 is 14.5. The zero-order valence-electron chi connectivity index (χ0n) is 15.3. The van der Waals surface area contributed by atoms with E-state index < -0.39 is 5.97 Å². The number of halogens is 1. The van der Waals surface area contributed by atoms with Crippen LogP contribution in [0.1, 0.15) is 45.2 Å². The molecule has 1 aliphatic heterocycles. The molecule has 1 aromatic carbocycles. The smallest absolute Gasteiger partial charge is 0.328 e. The van der Waals surface area contributed by atoms with Crippen LogP contribution in [0.5, 0.6) is 0 Å². The van der Waals surface area contributed by atoms with Gasteiger partial charge in [0.25, 0.3) is 0 Å². The molecule has 0 saturated carbocycles. The van der Waals surface area contributed by atoms with E-state index >= 15 is 0 Å². The van der Waals surface area contributed by atoms with Gasteiger partial charge in [-0.3, -0.25) is 0 Å². The third-order valence-corrected chi connectivity index (χ3v) is 4.50. The lowest BCUT2D eigenvalue weighted by atomic mass is 9.96. The minimum absolute atomic E-state index is 0.356. The fourth-order valence-electron chi connectivity index (χ4n) is 3.08. The van der Waals surface area contributed by atoms with Gasteiger partial charge in [-0.15, -0.1) is 0 Å². The molecule has 0 spiro atoms. The lowest BCUT2D eigenvalue weighted by Crippen LogP contribution is -2.35. The number of hydrogen-bond donors (Lipinski definition) is 1. The largest absolute Gasteiger partial charge is 0.478 e. The molecule has 3 nitrogen and oxygen atoms in total. The number of aliphatic carboxylic acids is 1. The molecule has 0 aromatic heterocycles. The Bertz CT molecular complexity index is 744. The van der Waals surface area contributed by atoms with Gasteiger partial charge in [0.2, 0.25) is 0 Å². The van der Waals surface area contributed by atoms with Gasteiger partial charge in [-0.25, -0.2) is 9.18 Å². The molecular formula is C21H26FNO2. The third kappa shape index (κ3) is 4.81. The van der Waals surface area contributed by atoms with E-state index in [1.807, 2.05) is 6.07 Å². The summed E-state index contributed by atoms with van der Waals surface area (Å²) >= 11 is 0. The molecule has 1 N–H and O–H groups in total. The van der Waals surface area contributed by atoms with Crippen molar-refractivity contribution in [1.29, 1.82) is 0 Å². The van der Waals surface area contributed by atoms with E-state index in [4.69, 9.17) is 5.11 Å². The van der Waals surface area contributed by atoms with Crippen LogP contribution in [0.4, 0.5) is 10.1 Å². The lowest BCUT2D eigenvalue weighted by Gasteiger charge is -2.35. The van der Waals surface area contributed by atoms with E-state index in [0.29, 0.717) is 17.2 Å². The number of carbonyl (C=O) groups is 1. The molecule has 0 fully saturated rings. The summed E-state index contributed by atoms with van der Waals surface area (Å²) in [5, 5.41) is 8.70. The van der Waals surface area contributed by atoms with Gasteiger partial charge in [0.15, 0.2) is 0 Å². The normalized spacial score (nSPS) is 16.2. The average molecular weight is 343 g/mol. The first kappa shape index (κ1) is 19.0. The summed E-state index contributed by atoms with van der Waals surface area (Å²) in [6.07, 6.45) is 6.06. The van der Waals surface area contributed by atoms with E-state index in [0.717, 1.165) is 31.0 Å². The highest BCUT2D eigenvalue weighted by molar-refractivity contribution is 5.81. The number of anilines is 1. The van der Waals surface area contributed by atoms with E-state index in [1.54, 1.807) is 13.8 Å². The van der Waals surface area contributed by atoms with Crippen molar-refractivity contribution in [2.45, 2.75) is 46.6 Å². The molecule has 1 aliphatic rings. The van der Waals surface area contributed by atoms with Gasteiger partial charge in [-0.05, 0) is 75.0 Å². The fraction of sp³-hybridized carbons (Fsp3) is 0.381. The maximum Gasteiger partial charge on any atom is 0.328 e. The summed E-state index contributed by atoms with van der Waals surface area (Å²) in [6, 6.07) is 6.53. The van der Waals surface area contributed by atoms with Crippen LogP contribution in [-0.2, 0) is 11.2 Å². The van der Waals surface area contributed by atoms with E-state index in [2.05, 4.69) is 30.9 Å². The van der Waals surface area contributed by atoms with Crippen molar-refractivity contribution in [3.05, 3.63) is 59.0 Å². The van der Waals surface area contributed by atoms with E-state index in [1.165, 1.54) is 23.4 Å². The van der Waals surface area contributed by atoms with Crippen molar-refractivity contribution in [1.82, 2.24) is 0 Å². The Morgan fingerprint density at radius 2 is 2.00 bits per heavy atom. The van der Waals surface area contributed by atoms with Crippen molar-refractivity contribution >= 4 is 17.2 Å². The highest BCUT2D eigenvalue weighted by Gasteiger charge is 2.19. The molecule has 2 rings (SSSR count). The third-order valence-electron chi connectivity index (χ3n) is 4.50. The van der Waals surface area contributed by atoms with Crippen LogP contribution in [0.25, 0.3) is 5.57 Å². The SMILES string of the molecule is CC(C=CC(F)=C(C)c1ccc2c(c1)N(C(C)C)CCC2)=CC(=O)O. The second kappa shape index (κ2) is 8.15. The highest BCUT2D eigenvalue weighted by atomic mass is 19.1. The number of rotatable bonds is 5. The standard InChI is InChI=1S/C21H26FNO2/c1-14(2)23-11-5-6-17-8-9-18(13-20(17)23)16(4)19(22)10-7-15(3)12-21(24)25/h7-10,12-14H,5-6,11H2,1-4H3,(H,24,25). The maximum absolute atomic E-state index is 14.5. The minimum atomic E-state index is -1.04. The summed E-state index contributed by atoms with van der Waals surface area (Å²) in [6.45, 7) is 8.75. The van der Waals surface area contributed by atoms with Gasteiger partial charge >= 0.3 is 5.97 Å². The minimum Gasteiger partial charge on any atom is -0.478 e. The predicted molar refractivity (Wildman–Crippen MR) is 101 cm³/mol. The number of benzene rings is 1. The molecule has 0 aliphatic carbocycles. The van der Waals surface area contributed by atoms with Crippen molar-refractivity contribution in [3.8, 4) is 0 Å². The van der Waals surface area contributed by atoms with Crippen LogP contribution in [0.15, 0.2) is 47.8 Å². The van der Waals surface area contributed by atoms with Crippen molar-refractivity contribution in [3.63, 3.8) is 0 Å². The average Bonchev–Trinajstić information content (AvgIpc) is 2.57. The molecule has 0 radical (unpaired) electrons. The first-order valence-electron chi connectivity index (χ1n) is 8.65. The maximum atomic E-state index is 14.5. The zero-order valence-corrected chi connectivity index (χ0v) is 15.3. The predicted octanol–water partition coefficient (Wildman–Crippen LogP) is 5.14. The Morgan fingerprint density at radius 1 is 1.28 bits per heavy atom. The van der Waals surface area contributed by atoms with Crippen molar-refractivity contribution in [2.24, 2.45) is 0 Å². The Balaban J connectivity index is 2.33. The van der Waals surface area contributed by atoms with Crippen LogP contribution in [-0.4, -0.2) is 23.7 Å². The zero-order chi connectivity index (χ0) is 18.6. The van der Waals surface area contributed by atoms with Crippen LogP contribution < -0.4 is 4.90 Å². The molecule has 25 heavy (non-hydrogen) atoms. The van der Waals surface area contributed by atoms with Crippen LogP contribution in [0.3, 0.4) is 0 Å². The van der Waals surface area contributed by atoms with Crippen molar-refractivity contribution in [2.75, 3.05) is 11.4 Å². The molecule has 4 heteroatoms. The number of nitrogens with zero attached hydrogens (tertiary/aromatic N) is 1. The van der Waals surface area contributed by atoms with Crippen LogP contribution in [0, 0.1) is 0 Å². The quantitative estimate of drug-likeness (QED) is 0.595. The number of fused-ring (bicyclic) bond motifs is 1. The first-order chi connectivity index (χ1) is 11.8. The molecule has 0 unspecified atom stereocenters. The Kier molecular flexibility index (Phi) is 6.18. The molecule has 0 atom stereocenters. The monoisotopic (exact) mass is 343 g/mol. The second-order valence-electron chi connectivity index (χ2n) is 6.77. The summed E-state index contributed by atoms with van der Waals surface area (Å²) in [4.78, 5) is 13.0. The summed E-state index contributed by atoms with van der Waals surface area (Å²) in [7, 11) is 0. The number of carboxylic acids is 1. The van der Waals surface area contributed by atoms with E-state index in [-0.39, 0.29) is 5.83 Å². The molecule has 0 amide bonds. The number of carboxylic acid groups (broad SMARTS) is 1. The molecule has 1 aromatic rings. The molecular weight excluding hydrogens is 317 g/mol. The van der Waals surface area contributed by atoms with Crippen LogP contribution >= 0.6 is 0 Å². The Morgan fingerprint density at radius 3 is 2.64 bits per heavy atom. The second-order valence-corrected chi connectivity index (χ2v) is 6.77. The number of allylic oxidation sites excluding steroid dienone is 5. The molecule has 0 bridgehead atoms.